The van der Waals surface area contributed by atoms with Gasteiger partial charge in [0.25, 0.3) is 0 Å². The molecule has 3 nitrogen and oxygen atoms in total. The van der Waals surface area contributed by atoms with Crippen LogP contribution < -0.4 is 10.2 Å². The van der Waals surface area contributed by atoms with E-state index in [-0.39, 0.29) is 18.3 Å². The van der Waals surface area contributed by atoms with E-state index >= 15 is 0 Å². The maximum atomic E-state index is 6.12. The van der Waals surface area contributed by atoms with E-state index in [9.17, 15) is 0 Å². The summed E-state index contributed by atoms with van der Waals surface area (Å²) in [6, 6.07) is 8.01. The molecule has 0 aliphatic carbocycles. The van der Waals surface area contributed by atoms with Gasteiger partial charge in [-0.25, -0.2) is 0 Å². The molecule has 0 amide bonds. The highest BCUT2D eigenvalue weighted by Crippen LogP contribution is 2.37. The molecule has 1 heterocycles. The van der Waals surface area contributed by atoms with Crippen LogP contribution in [0.15, 0.2) is 24.3 Å². The van der Waals surface area contributed by atoms with Gasteiger partial charge in [0.05, 0.1) is 17.8 Å². The number of benzene rings is 1. The predicted octanol–water partition coefficient (Wildman–Crippen LogP) is 3.55. The standard InChI is InChI=1S/C17H27BO3/c1-6-7-10-13-19-15-12-9-8-11-14(15)18-20-16(2,3)17(4,5)21-18/h8-9,11-12H,6-7,10,13H2,1-5H3. The highest BCUT2D eigenvalue weighted by atomic mass is 16.7. The third-order valence-corrected chi connectivity index (χ3v) is 4.43. The number of hydrogen-bond donors (Lipinski definition) is 0. The lowest BCUT2D eigenvalue weighted by atomic mass is 9.78. The average molecular weight is 290 g/mol. The van der Waals surface area contributed by atoms with E-state index in [4.69, 9.17) is 14.0 Å². The van der Waals surface area contributed by atoms with Crippen LogP contribution in [-0.2, 0) is 9.31 Å². The maximum Gasteiger partial charge on any atom is 0.498 e. The Morgan fingerprint density at radius 1 is 1.00 bits per heavy atom. The minimum Gasteiger partial charge on any atom is -0.494 e. The van der Waals surface area contributed by atoms with Gasteiger partial charge in [0.1, 0.15) is 5.75 Å². The second-order valence-electron chi connectivity index (χ2n) is 6.68. The summed E-state index contributed by atoms with van der Waals surface area (Å²) in [4.78, 5) is 0. The van der Waals surface area contributed by atoms with Gasteiger partial charge < -0.3 is 14.0 Å². The van der Waals surface area contributed by atoms with Gasteiger partial charge in [-0.15, -0.1) is 0 Å². The quantitative estimate of drug-likeness (QED) is 0.592. The van der Waals surface area contributed by atoms with Crippen LogP contribution in [0.4, 0.5) is 0 Å². The van der Waals surface area contributed by atoms with Crippen molar-refractivity contribution in [3.8, 4) is 5.75 Å². The Morgan fingerprint density at radius 3 is 2.24 bits per heavy atom. The van der Waals surface area contributed by atoms with Crippen LogP contribution in [0.3, 0.4) is 0 Å². The van der Waals surface area contributed by atoms with Crippen LogP contribution in [0, 0.1) is 0 Å². The molecule has 1 fully saturated rings. The van der Waals surface area contributed by atoms with Gasteiger partial charge in [0, 0.05) is 5.46 Å². The van der Waals surface area contributed by atoms with Crippen LogP contribution in [0.1, 0.15) is 53.9 Å². The zero-order chi connectivity index (χ0) is 15.5. The highest BCUT2D eigenvalue weighted by Gasteiger charge is 2.52. The lowest BCUT2D eigenvalue weighted by molar-refractivity contribution is 0.00578. The van der Waals surface area contributed by atoms with Crippen molar-refractivity contribution in [2.24, 2.45) is 0 Å². The van der Waals surface area contributed by atoms with E-state index < -0.39 is 0 Å². The molecule has 1 aliphatic heterocycles. The maximum absolute atomic E-state index is 6.12. The first-order valence-electron chi connectivity index (χ1n) is 7.95. The van der Waals surface area contributed by atoms with Gasteiger partial charge in [-0.3, -0.25) is 0 Å². The molecule has 0 atom stereocenters. The fourth-order valence-electron chi connectivity index (χ4n) is 2.31. The molecule has 0 aromatic heterocycles. The van der Waals surface area contributed by atoms with Crippen LogP contribution in [0.25, 0.3) is 0 Å². The molecule has 0 spiro atoms. The second kappa shape index (κ2) is 6.41. The summed E-state index contributed by atoms with van der Waals surface area (Å²) in [5.41, 5.74) is 0.327. The number of para-hydroxylation sites is 1. The molecule has 0 N–H and O–H groups in total. The minimum absolute atomic E-state index is 0.326. The van der Waals surface area contributed by atoms with Gasteiger partial charge in [0.2, 0.25) is 0 Å². The van der Waals surface area contributed by atoms with E-state index in [2.05, 4.69) is 34.6 Å². The highest BCUT2D eigenvalue weighted by molar-refractivity contribution is 6.63. The molecule has 0 saturated carbocycles. The molecule has 1 aromatic carbocycles. The lowest BCUT2D eigenvalue weighted by Crippen LogP contribution is -2.41. The Labute approximate surface area is 129 Å². The van der Waals surface area contributed by atoms with Crippen molar-refractivity contribution in [3.63, 3.8) is 0 Å². The molecular formula is C17H27BO3. The summed E-state index contributed by atoms with van der Waals surface area (Å²) >= 11 is 0. The van der Waals surface area contributed by atoms with Gasteiger partial charge in [0.15, 0.2) is 0 Å². The Hall–Kier alpha value is -0.995. The fraction of sp³-hybridized carbons (Fsp3) is 0.647. The third kappa shape index (κ3) is 3.61. The van der Waals surface area contributed by atoms with E-state index in [1.54, 1.807) is 0 Å². The van der Waals surface area contributed by atoms with Crippen LogP contribution in [0.5, 0.6) is 5.75 Å². The average Bonchev–Trinajstić information content (AvgIpc) is 2.64. The molecule has 0 unspecified atom stereocenters. The minimum atomic E-state index is -0.364. The van der Waals surface area contributed by atoms with E-state index in [0.29, 0.717) is 0 Å². The predicted molar refractivity (Wildman–Crippen MR) is 87.2 cm³/mol. The molecular weight excluding hydrogens is 263 g/mol. The largest absolute Gasteiger partial charge is 0.498 e. The molecule has 116 valence electrons. The van der Waals surface area contributed by atoms with Crippen LogP contribution in [0.2, 0.25) is 0 Å². The lowest BCUT2D eigenvalue weighted by Gasteiger charge is -2.32. The summed E-state index contributed by atoms with van der Waals surface area (Å²) in [7, 11) is -0.364. The van der Waals surface area contributed by atoms with Gasteiger partial charge in [-0.05, 0) is 40.2 Å². The zero-order valence-corrected chi connectivity index (χ0v) is 13.9. The first-order chi connectivity index (χ1) is 9.87. The molecule has 1 aromatic rings. The molecule has 1 saturated heterocycles. The summed E-state index contributed by atoms with van der Waals surface area (Å²) in [5, 5.41) is 0. The van der Waals surface area contributed by atoms with Crippen LogP contribution >= 0.6 is 0 Å². The van der Waals surface area contributed by atoms with E-state index in [0.717, 1.165) is 24.2 Å². The van der Waals surface area contributed by atoms with Gasteiger partial charge in [-0.1, -0.05) is 38.0 Å². The van der Waals surface area contributed by atoms with Gasteiger partial charge >= 0.3 is 7.12 Å². The molecule has 0 bridgehead atoms. The van der Waals surface area contributed by atoms with E-state index in [1.807, 2.05) is 24.3 Å². The second-order valence-corrected chi connectivity index (χ2v) is 6.68. The van der Waals surface area contributed by atoms with Crippen molar-refractivity contribution in [3.05, 3.63) is 24.3 Å². The summed E-state index contributed by atoms with van der Waals surface area (Å²) < 4.78 is 18.2. The van der Waals surface area contributed by atoms with Crippen molar-refractivity contribution < 1.29 is 14.0 Å². The molecule has 1 aliphatic rings. The zero-order valence-electron chi connectivity index (χ0n) is 13.9. The summed E-state index contributed by atoms with van der Waals surface area (Å²) in [5.74, 6) is 0.868. The summed E-state index contributed by atoms with van der Waals surface area (Å²) in [6.07, 6.45) is 3.47. The normalized spacial score (nSPS) is 19.8. The van der Waals surface area contributed by atoms with Gasteiger partial charge in [-0.2, -0.15) is 0 Å². The monoisotopic (exact) mass is 290 g/mol. The molecule has 2 rings (SSSR count). The topological polar surface area (TPSA) is 27.7 Å². The number of unbranched alkanes of at least 4 members (excludes halogenated alkanes) is 2. The van der Waals surface area contributed by atoms with Crippen molar-refractivity contribution in [1.82, 2.24) is 0 Å². The van der Waals surface area contributed by atoms with Crippen molar-refractivity contribution in [1.29, 1.82) is 0 Å². The van der Waals surface area contributed by atoms with E-state index in [1.165, 1.54) is 12.8 Å². The smallest absolute Gasteiger partial charge is 0.494 e. The molecule has 0 radical (unpaired) electrons. The third-order valence-electron chi connectivity index (χ3n) is 4.43. The SMILES string of the molecule is CCCCCOc1ccccc1B1OC(C)(C)C(C)(C)O1. The van der Waals surface area contributed by atoms with Crippen LogP contribution in [-0.4, -0.2) is 24.9 Å². The summed E-state index contributed by atoms with van der Waals surface area (Å²) in [6.45, 7) is 11.2. The Bertz CT molecular complexity index is 455. The Morgan fingerprint density at radius 2 is 1.62 bits per heavy atom. The number of hydrogen-bond acceptors (Lipinski definition) is 3. The number of ether oxygens (including phenoxy) is 1. The number of rotatable bonds is 6. The first-order valence-corrected chi connectivity index (χ1v) is 7.95. The van der Waals surface area contributed by atoms with Crippen molar-refractivity contribution in [2.75, 3.05) is 6.61 Å². The van der Waals surface area contributed by atoms with Crippen molar-refractivity contribution >= 4 is 12.6 Å². The Kier molecular flexibility index (Phi) is 5.00. The molecule has 4 heteroatoms. The Balaban J connectivity index is 2.10. The first kappa shape index (κ1) is 16.4. The van der Waals surface area contributed by atoms with Crippen molar-refractivity contribution in [2.45, 2.75) is 65.1 Å². The fourth-order valence-corrected chi connectivity index (χ4v) is 2.31. The molecule has 21 heavy (non-hydrogen) atoms.